The fraction of sp³-hybridized carbons (Fsp3) is 0.529. The summed E-state index contributed by atoms with van der Waals surface area (Å²) >= 11 is 0. The van der Waals surface area contributed by atoms with Crippen molar-refractivity contribution in [2.75, 3.05) is 13.1 Å². The smallest absolute Gasteiger partial charge is 0.207 e. The van der Waals surface area contributed by atoms with Gasteiger partial charge in [0.25, 0.3) is 0 Å². The van der Waals surface area contributed by atoms with Gasteiger partial charge in [0.1, 0.15) is 0 Å². The Bertz CT molecular complexity index is 810. The van der Waals surface area contributed by atoms with Crippen molar-refractivity contribution in [1.82, 2.24) is 19.3 Å². The number of nitrogens with zero attached hydrogens (tertiary/aromatic N) is 4. The minimum atomic E-state index is -3.48. The van der Waals surface area contributed by atoms with E-state index in [0.29, 0.717) is 18.0 Å². The SMILES string of the molecule is Cc1cc(C)c(C)c(S(=O)(=O)N2CCC(n3nccn3)CC2)c1C. The first-order valence-electron chi connectivity index (χ1n) is 8.25. The number of benzene rings is 1. The Morgan fingerprint density at radius 2 is 1.46 bits per heavy atom. The molecule has 1 aromatic heterocycles. The molecule has 7 heteroatoms. The fourth-order valence-corrected chi connectivity index (χ4v) is 5.47. The number of rotatable bonds is 3. The highest BCUT2D eigenvalue weighted by Crippen LogP contribution is 2.31. The lowest BCUT2D eigenvalue weighted by Crippen LogP contribution is -2.40. The van der Waals surface area contributed by atoms with Crippen molar-refractivity contribution in [2.45, 2.75) is 51.5 Å². The van der Waals surface area contributed by atoms with Crippen molar-refractivity contribution in [3.63, 3.8) is 0 Å². The lowest BCUT2D eigenvalue weighted by Gasteiger charge is -2.31. The maximum Gasteiger partial charge on any atom is 0.243 e. The highest BCUT2D eigenvalue weighted by Gasteiger charge is 2.33. The van der Waals surface area contributed by atoms with E-state index in [-0.39, 0.29) is 6.04 Å². The highest BCUT2D eigenvalue weighted by molar-refractivity contribution is 7.89. The quantitative estimate of drug-likeness (QED) is 0.855. The standard InChI is InChI=1S/C17H24N4O2S/c1-12-11-13(2)15(4)17(14(12)3)24(22,23)20-9-5-16(6-10-20)21-18-7-8-19-21/h7-8,11,16H,5-6,9-10H2,1-4H3. The molecule has 2 heterocycles. The van der Waals surface area contributed by atoms with Gasteiger partial charge in [-0.05, 0) is 62.8 Å². The first-order valence-corrected chi connectivity index (χ1v) is 9.69. The molecule has 0 aliphatic carbocycles. The summed E-state index contributed by atoms with van der Waals surface area (Å²) in [4.78, 5) is 2.17. The van der Waals surface area contributed by atoms with Crippen LogP contribution in [0.4, 0.5) is 0 Å². The third-order valence-corrected chi connectivity index (χ3v) is 7.26. The number of sulfonamides is 1. The zero-order valence-corrected chi connectivity index (χ0v) is 15.5. The van der Waals surface area contributed by atoms with Crippen LogP contribution < -0.4 is 0 Å². The predicted molar refractivity (Wildman–Crippen MR) is 92.4 cm³/mol. The number of hydrogen-bond donors (Lipinski definition) is 0. The zero-order chi connectivity index (χ0) is 17.5. The third-order valence-electron chi connectivity index (χ3n) is 5.08. The summed E-state index contributed by atoms with van der Waals surface area (Å²) in [7, 11) is -3.48. The molecule has 1 aromatic carbocycles. The van der Waals surface area contributed by atoms with Crippen LogP contribution in [0.2, 0.25) is 0 Å². The van der Waals surface area contributed by atoms with E-state index in [9.17, 15) is 8.42 Å². The second-order valence-corrected chi connectivity index (χ2v) is 8.45. The molecular formula is C17H24N4O2S. The maximum absolute atomic E-state index is 13.2. The van der Waals surface area contributed by atoms with Gasteiger partial charge in [0.2, 0.25) is 10.0 Å². The number of hydrogen-bond acceptors (Lipinski definition) is 4. The molecule has 0 N–H and O–H groups in total. The van der Waals surface area contributed by atoms with Gasteiger partial charge >= 0.3 is 0 Å². The normalized spacial score (nSPS) is 17.3. The van der Waals surface area contributed by atoms with Gasteiger partial charge in [0, 0.05) is 13.1 Å². The van der Waals surface area contributed by atoms with Crippen LogP contribution in [-0.2, 0) is 10.0 Å². The maximum atomic E-state index is 13.2. The van der Waals surface area contributed by atoms with Crippen molar-refractivity contribution in [2.24, 2.45) is 0 Å². The largest absolute Gasteiger partial charge is 0.243 e. The molecule has 0 saturated carbocycles. The van der Waals surface area contributed by atoms with Crippen LogP contribution >= 0.6 is 0 Å². The average Bonchev–Trinajstić information content (AvgIpc) is 3.07. The molecule has 0 atom stereocenters. The Labute approximate surface area is 143 Å². The Morgan fingerprint density at radius 1 is 0.958 bits per heavy atom. The van der Waals surface area contributed by atoms with Crippen molar-refractivity contribution in [3.05, 3.63) is 40.7 Å². The second kappa shape index (κ2) is 6.29. The summed E-state index contributed by atoms with van der Waals surface area (Å²) in [6.45, 7) is 8.73. The molecule has 130 valence electrons. The first-order chi connectivity index (χ1) is 11.3. The molecule has 1 aliphatic heterocycles. The zero-order valence-electron chi connectivity index (χ0n) is 14.7. The topological polar surface area (TPSA) is 68.1 Å². The summed E-state index contributed by atoms with van der Waals surface area (Å²) in [5.74, 6) is 0. The molecule has 0 radical (unpaired) electrons. The molecule has 24 heavy (non-hydrogen) atoms. The number of aromatic nitrogens is 3. The van der Waals surface area contributed by atoms with Gasteiger partial charge in [0.15, 0.2) is 0 Å². The second-order valence-electron chi connectivity index (χ2n) is 6.57. The Morgan fingerprint density at radius 3 is 1.96 bits per heavy atom. The van der Waals surface area contributed by atoms with Crippen LogP contribution in [0.15, 0.2) is 23.4 Å². The molecule has 0 amide bonds. The summed E-state index contributed by atoms with van der Waals surface area (Å²) in [5, 5.41) is 8.35. The van der Waals surface area contributed by atoms with Gasteiger partial charge in [-0.1, -0.05) is 6.07 Å². The predicted octanol–water partition coefficient (Wildman–Crippen LogP) is 2.54. The van der Waals surface area contributed by atoms with Gasteiger partial charge in [-0.2, -0.15) is 19.3 Å². The summed E-state index contributed by atoms with van der Waals surface area (Å²) in [6, 6.07) is 2.23. The van der Waals surface area contributed by atoms with Crippen LogP contribution in [0.5, 0.6) is 0 Å². The highest BCUT2D eigenvalue weighted by atomic mass is 32.2. The van der Waals surface area contributed by atoms with Crippen molar-refractivity contribution in [1.29, 1.82) is 0 Å². The Hall–Kier alpha value is -1.73. The molecule has 0 spiro atoms. The fourth-order valence-electron chi connectivity index (χ4n) is 3.42. The van der Waals surface area contributed by atoms with E-state index in [1.807, 2.05) is 27.7 Å². The van der Waals surface area contributed by atoms with E-state index in [1.54, 1.807) is 21.5 Å². The van der Waals surface area contributed by atoms with Crippen LogP contribution in [0.25, 0.3) is 0 Å². The van der Waals surface area contributed by atoms with Gasteiger partial charge in [0.05, 0.1) is 23.3 Å². The molecular weight excluding hydrogens is 324 g/mol. The van der Waals surface area contributed by atoms with E-state index in [2.05, 4.69) is 16.3 Å². The molecule has 0 bridgehead atoms. The van der Waals surface area contributed by atoms with Crippen LogP contribution in [0.1, 0.15) is 41.1 Å². The van der Waals surface area contributed by atoms with Gasteiger partial charge < -0.3 is 0 Å². The summed E-state index contributed by atoms with van der Waals surface area (Å²) in [5.41, 5.74) is 3.75. The van der Waals surface area contributed by atoms with Gasteiger partial charge in [-0.25, -0.2) is 8.42 Å². The lowest BCUT2D eigenvalue weighted by molar-refractivity contribution is 0.245. The van der Waals surface area contributed by atoms with Crippen LogP contribution in [-0.4, -0.2) is 40.8 Å². The van der Waals surface area contributed by atoms with E-state index < -0.39 is 10.0 Å². The minimum Gasteiger partial charge on any atom is -0.207 e. The van der Waals surface area contributed by atoms with Gasteiger partial charge in [-0.3, -0.25) is 0 Å². The van der Waals surface area contributed by atoms with Crippen molar-refractivity contribution >= 4 is 10.0 Å². The lowest BCUT2D eigenvalue weighted by atomic mass is 10.0. The Kier molecular flexibility index (Phi) is 4.48. The van der Waals surface area contributed by atoms with Gasteiger partial charge in [-0.15, -0.1) is 0 Å². The van der Waals surface area contributed by atoms with E-state index in [4.69, 9.17) is 0 Å². The molecule has 2 aromatic rings. The molecule has 1 fully saturated rings. The monoisotopic (exact) mass is 348 g/mol. The molecule has 1 saturated heterocycles. The number of piperidine rings is 1. The molecule has 0 unspecified atom stereocenters. The van der Waals surface area contributed by atoms with Crippen LogP contribution in [0.3, 0.4) is 0 Å². The average molecular weight is 348 g/mol. The van der Waals surface area contributed by atoms with E-state index >= 15 is 0 Å². The first kappa shape index (κ1) is 17.1. The van der Waals surface area contributed by atoms with E-state index in [0.717, 1.165) is 35.1 Å². The summed E-state index contributed by atoms with van der Waals surface area (Å²) in [6.07, 6.45) is 4.78. The number of aryl methyl sites for hydroxylation is 2. The van der Waals surface area contributed by atoms with Crippen molar-refractivity contribution < 1.29 is 8.42 Å². The Balaban J connectivity index is 1.88. The van der Waals surface area contributed by atoms with E-state index in [1.165, 1.54) is 0 Å². The van der Waals surface area contributed by atoms with Crippen molar-refractivity contribution in [3.8, 4) is 0 Å². The minimum absolute atomic E-state index is 0.174. The third kappa shape index (κ3) is 2.86. The van der Waals surface area contributed by atoms with Crippen LogP contribution in [0, 0.1) is 27.7 Å². The molecule has 1 aliphatic rings. The molecule has 3 rings (SSSR count). The summed E-state index contributed by atoms with van der Waals surface area (Å²) < 4.78 is 28.0. The molecule has 6 nitrogen and oxygen atoms in total.